The highest BCUT2D eigenvalue weighted by atomic mass is 19.4. The van der Waals surface area contributed by atoms with Crippen LogP contribution in [0.2, 0.25) is 0 Å². The molecule has 0 radical (unpaired) electrons. The highest BCUT2D eigenvalue weighted by Crippen LogP contribution is 2.36. The Balaban J connectivity index is 2.25. The molecule has 0 aliphatic carbocycles. The lowest BCUT2D eigenvalue weighted by molar-refractivity contribution is -0.137. The Morgan fingerprint density at radius 3 is 2.53 bits per heavy atom. The average Bonchev–Trinajstić information content (AvgIpc) is 2.29. The van der Waals surface area contributed by atoms with Crippen molar-refractivity contribution in [3.05, 3.63) is 29.3 Å². The highest BCUT2D eigenvalue weighted by Gasteiger charge is 2.31. The summed E-state index contributed by atoms with van der Waals surface area (Å²) in [5, 5.41) is 12.9. The van der Waals surface area contributed by atoms with E-state index < -0.39 is 11.7 Å². The van der Waals surface area contributed by atoms with Gasteiger partial charge in [-0.15, -0.1) is 0 Å². The molecule has 94 valence electrons. The summed E-state index contributed by atoms with van der Waals surface area (Å²) in [4.78, 5) is 0. The third-order valence-electron chi connectivity index (χ3n) is 3.04. The van der Waals surface area contributed by atoms with Gasteiger partial charge in [-0.2, -0.15) is 13.2 Å². The maximum absolute atomic E-state index is 12.4. The molecule has 1 aromatic carbocycles. The number of benzene rings is 1. The molecule has 0 saturated carbocycles. The van der Waals surface area contributed by atoms with Crippen LogP contribution in [0.3, 0.4) is 0 Å². The predicted molar refractivity (Wildman–Crippen MR) is 57.7 cm³/mol. The van der Waals surface area contributed by atoms with Crippen LogP contribution < -0.4 is 5.32 Å². The van der Waals surface area contributed by atoms with Crippen molar-refractivity contribution in [1.82, 2.24) is 5.32 Å². The van der Waals surface area contributed by atoms with Gasteiger partial charge in [0.15, 0.2) is 0 Å². The van der Waals surface area contributed by atoms with Crippen molar-refractivity contribution in [2.75, 3.05) is 6.54 Å². The van der Waals surface area contributed by atoms with Crippen LogP contribution in [0.4, 0.5) is 13.2 Å². The molecule has 1 atom stereocenters. The van der Waals surface area contributed by atoms with Gasteiger partial charge in [-0.1, -0.05) is 12.5 Å². The number of nitrogens with one attached hydrogen (secondary N) is 1. The van der Waals surface area contributed by atoms with E-state index in [0.29, 0.717) is 5.56 Å². The SMILES string of the molecule is Oc1cc(C(F)(F)F)ccc1C1CCCCN1. The molecule has 1 aliphatic heterocycles. The maximum atomic E-state index is 12.4. The molecule has 2 nitrogen and oxygen atoms in total. The van der Waals surface area contributed by atoms with E-state index in [1.54, 1.807) is 0 Å². The number of aromatic hydroxyl groups is 1. The van der Waals surface area contributed by atoms with E-state index >= 15 is 0 Å². The van der Waals surface area contributed by atoms with Crippen LogP contribution >= 0.6 is 0 Å². The molecule has 0 bridgehead atoms. The topological polar surface area (TPSA) is 32.3 Å². The maximum Gasteiger partial charge on any atom is 0.416 e. The van der Waals surface area contributed by atoms with Gasteiger partial charge in [-0.25, -0.2) is 0 Å². The Hall–Kier alpha value is -1.23. The van der Waals surface area contributed by atoms with Crippen LogP contribution in [0.1, 0.15) is 36.4 Å². The van der Waals surface area contributed by atoms with Gasteiger partial charge in [-0.3, -0.25) is 0 Å². The number of hydrogen-bond donors (Lipinski definition) is 2. The second-order valence-corrected chi connectivity index (χ2v) is 4.27. The van der Waals surface area contributed by atoms with Gasteiger partial charge >= 0.3 is 6.18 Å². The minimum absolute atomic E-state index is 0.0361. The third-order valence-corrected chi connectivity index (χ3v) is 3.04. The van der Waals surface area contributed by atoms with Crippen LogP contribution in [0, 0.1) is 0 Å². The Bertz CT molecular complexity index is 397. The number of phenolic OH excluding ortho intramolecular Hbond substituents is 1. The molecule has 0 amide bonds. The van der Waals surface area contributed by atoms with Crippen molar-refractivity contribution in [2.24, 2.45) is 0 Å². The average molecular weight is 245 g/mol. The van der Waals surface area contributed by atoms with Crippen molar-refractivity contribution in [3.8, 4) is 5.75 Å². The largest absolute Gasteiger partial charge is 0.508 e. The fourth-order valence-electron chi connectivity index (χ4n) is 2.13. The van der Waals surface area contributed by atoms with Gasteiger partial charge < -0.3 is 10.4 Å². The third kappa shape index (κ3) is 2.72. The van der Waals surface area contributed by atoms with Crippen molar-refractivity contribution in [3.63, 3.8) is 0 Å². The molecule has 17 heavy (non-hydrogen) atoms. The van der Waals surface area contributed by atoms with Gasteiger partial charge in [0, 0.05) is 11.6 Å². The summed E-state index contributed by atoms with van der Waals surface area (Å²) in [5.41, 5.74) is -0.257. The molecule has 1 saturated heterocycles. The molecule has 5 heteroatoms. The number of piperidine rings is 1. The normalized spacial score (nSPS) is 21.5. The van der Waals surface area contributed by atoms with Crippen molar-refractivity contribution in [2.45, 2.75) is 31.5 Å². The molecular formula is C12H14F3NO. The van der Waals surface area contributed by atoms with Crippen LogP contribution in [0.25, 0.3) is 0 Å². The lowest BCUT2D eigenvalue weighted by Gasteiger charge is -2.24. The molecule has 1 aromatic rings. The molecule has 1 aliphatic rings. The standard InChI is InChI=1S/C12H14F3NO/c13-12(14,15)8-4-5-9(11(17)7-8)10-3-1-2-6-16-10/h4-5,7,10,16-17H,1-3,6H2. The van der Waals surface area contributed by atoms with E-state index in [-0.39, 0.29) is 11.8 Å². The summed E-state index contributed by atoms with van der Waals surface area (Å²) in [7, 11) is 0. The molecule has 0 aromatic heterocycles. The molecule has 1 fully saturated rings. The highest BCUT2D eigenvalue weighted by molar-refractivity contribution is 5.39. The first-order valence-corrected chi connectivity index (χ1v) is 5.62. The summed E-state index contributed by atoms with van der Waals surface area (Å²) in [6.45, 7) is 0.838. The first kappa shape index (κ1) is 12.2. The second kappa shape index (κ2) is 4.56. The molecule has 2 rings (SSSR count). The lowest BCUT2D eigenvalue weighted by atomic mass is 9.96. The molecular weight excluding hydrogens is 231 g/mol. The number of hydrogen-bond acceptors (Lipinski definition) is 2. The summed E-state index contributed by atoms with van der Waals surface area (Å²) in [6.07, 6.45) is -1.47. The van der Waals surface area contributed by atoms with E-state index in [1.165, 1.54) is 6.07 Å². The van der Waals surface area contributed by atoms with Crippen LogP contribution in [0.15, 0.2) is 18.2 Å². The van der Waals surface area contributed by atoms with Gasteiger partial charge in [0.2, 0.25) is 0 Å². The summed E-state index contributed by atoms with van der Waals surface area (Å²) < 4.78 is 37.2. The van der Waals surface area contributed by atoms with E-state index in [4.69, 9.17) is 0 Å². The quantitative estimate of drug-likeness (QED) is 0.796. The molecule has 0 spiro atoms. The predicted octanol–water partition coefficient (Wildman–Crippen LogP) is 3.23. The molecule has 1 unspecified atom stereocenters. The molecule has 2 N–H and O–H groups in total. The summed E-state index contributed by atoms with van der Waals surface area (Å²) >= 11 is 0. The van der Waals surface area contributed by atoms with Crippen molar-refractivity contribution in [1.29, 1.82) is 0 Å². The van der Waals surface area contributed by atoms with Gasteiger partial charge in [-0.05, 0) is 31.5 Å². The smallest absolute Gasteiger partial charge is 0.416 e. The van der Waals surface area contributed by atoms with Crippen LogP contribution in [0.5, 0.6) is 5.75 Å². The van der Waals surface area contributed by atoms with E-state index in [0.717, 1.165) is 37.9 Å². The van der Waals surface area contributed by atoms with Gasteiger partial charge in [0.05, 0.1) is 5.56 Å². The Labute approximate surface area is 97.5 Å². The van der Waals surface area contributed by atoms with Gasteiger partial charge in [0.1, 0.15) is 5.75 Å². The van der Waals surface area contributed by atoms with Crippen molar-refractivity contribution < 1.29 is 18.3 Å². The van der Waals surface area contributed by atoms with Crippen LogP contribution in [-0.2, 0) is 6.18 Å². The first-order valence-electron chi connectivity index (χ1n) is 5.62. The number of halogens is 3. The zero-order valence-electron chi connectivity index (χ0n) is 9.22. The minimum Gasteiger partial charge on any atom is -0.508 e. The number of rotatable bonds is 1. The number of phenols is 1. The van der Waals surface area contributed by atoms with E-state index in [9.17, 15) is 18.3 Å². The van der Waals surface area contributed by atoms with Crippen molar-refractivity contribution >= 4 is 0 Å². The lowest BCUT2D eigenvalue weighted by Crippen LogP contribution is -2.26. The van der Waals surface area contributed by atoms with Gasteiger partial charge in [0.25, 0.3) is 0 Å². The summed E-state index contributed by atoms with van der Waals surface area (Å²) in [6, 6.07) is 3.14. The second-order valence-electron chi connectivity index (χ2n) is 4.27. The van der Waals surface area contributed by atoms with E-state index in [1.807, 2.05) is 0 Å². The fourth-order valence-corrected chi connectivity index (χ4v) is 2.13. The first-order chi connectivity index (χ1) is 7.98. The zero-order valence-corrected chi connectivity index (χ0v) is 9.22. The fraction of sp³-hybridized carbons (Fsp3) is 0.500. The Morgan fingerprint density at radius 1 is 1.24 bits per heavy atom. The summed E-state index contributed by atoms with van der Waals surface area (Å²) in [5.74, 6) is -0.278. The van der Waals surface area contributed by atoms with E-state index in [2.05, 4.69) is 5.32 Å². The van der Waals surface area contributed by atoms with Crippen LogP contribution in [-0.4, -0.2) is 11.7 Å². The molecule has 1 heterocycles. The number of alkyl halides is 3. The zero-order chi connectivity index (χ0) is 12.5. The Kier molecular flexibility index (Phi) is 3.28. The Morgan fingerprint density at radius 2 is 2.00 bits per heavy atom. The minimum atomic E-state index is -4.41. The monoisotopic (exact) mass is 245 g/mol.